The molecule has 0 radical (unpaired) electrons. The number of hydrogen-bond donors (Lipinski definition) is 0. The summed E-state index contributed by atoms with van der Waals surface area (Å²) >= 11 is 5.75. The van der Waals surface area contributed by atoms with Crippen molar-refractivity contribution in [3.05, 3.63) is 73.5 Å². The Balaban J connectivity index is 2.70. The molecule has 0 spiro atoms. The molecule has 1 aromatic heterocycles. The van der Waals surface area contributed by atoms with E-state index in [9.17, 15) is 28.1 Å². The fourth-order valence-corrected chi connectivity index (χ4v) is 3.33. The number of nitro groups is 1. The minimum atomic E-state index is -5.03. The number of rotatable bonds is 6. The zero-order valence-corrected chi connectivity index (χ0v) is 16.2. The average Bonchev–Trinajstić information content (AvgIpc) is 2.56. The van der Waals surface area contributed by atoms with Crippen LogP contribution in [-0.2, 0) is 5.41 Å². The monoisotopic (exact) mass is 414 g/mol. The number of Topliss-reactive ketones (excluding diaryl/α,β-unsaturated/α-hetero) is 1. The lowest BCUT2D eigenvalue weighted by Crippen LogP contribution is -2.50. The predicted octanol–water partition coefficient (Wildman–Crippen LogP) is 5.01. The van der Waals surface area contributed by atoms with Crippen LogP contribution in [0.25, 0.3) is 0 Å². The van der Waals surface area contributed by atoms with Gasteiger partial charge in [0.2, 0.25) is 6.54 Å². The molecule has 0 aliphatic carbocycles. The molecule has 0 amide bonds. The maximum atomic E-state index is 14.3. The highest BCUT2D eigenvalue weighted by Gasteiger charge is 2.61. The van der Waals surface area contributed by atoms with Gasteiger partial charge in [0.25, 0.3) is 0 Å². The molecular formula is C19H18ClF3N2O3. The van der Waals surface area contributed by atoms with Crippen molar-refractivity contribution in [2.75, 3.05) is 6.54 Å². The summed E-state index contributed by atoms with van der Waals surface area (Å²) < 4.78 is 42.9. The molecular weight excluding hydrogens is 397 g/mol. The lowest BCUT2D eigenvalue weighted by molar-refractivity contribution is -0.501. The summed E-state index contributed by atoms with van der Waals surface area (Å²) in [5.74, 6) is -0.859. The van der Waals surface area contributed by atoms with Crippen LogP contribution in [0.4, 0.5) is 13.2 Å². The van der Waals surface area contributed by atoms with E-state index in [1.165, 1.54) is 51.1 Å². The zero-order chi connectivity index (χ0) is 21.3. The fraction of sp³-hybridized carbons (Fsp3) is 0.368. The molecule has 0 aliphatic rings. The molecule has 1 heterocycles. The zero-order valence-electron chi connectivity index (χ0n) is 15.4. The van der Waals surface area contributed by atoms with Gasteiger partial charge < -0.3 is 0 Å². The van der Waals surface area contributed by atoms with Crippen LogP contribution in [0.1, 0.15) is 39.3 Å². The SMILES string of the molecule is Cc1cc(C(CC(=O)c2ccc(Cl)cc2)(C[N+](=O)[O-])C(F)(F)F)c(C)c(C)n1. The van der Waals surface area contributed by atoms with Gasteiger partial charge in [-0.05, 0) is 62.2 Å². The van der Waals surface area contributed by atoms with Gasteiger partial charge in [-0.1, -0.05) is 11.6 Å². The quantitative estimate of drug-likeness (QED) is 0.378. The molecule has 1 atom stereocenters. The third-order valence-corrected chi connectivity index (χ3v) is 4.98. The minimum Gasteiger partial charge on any atom is -0.294 e. The number of carbonyl (C=O) groups is 1. The Kier molecular flexibility index (Phi) is 6.13. The van der Waals surface area contributed by atoms with E-state index in [1.54, 1.807) is 0 Å². The molecule has 5 nitrogen and oxygen atoms in total. The van der Waals surface area contributed by atoms with Crippen LogP contribution in [-0.4, -0.2) is 28.4 Å². The first-order valence-corrected chi connectivity index (χ1v) is 8.68. The summed E-state index contributed by atoms with van der Waals surface area (Å²) in [7, 11) is 0. The molecule has 0 fully saturated rings. The largest absolute Gasteiger partial charge is 0.405 e. The first-order valence-electron chi connectivity index (χ1n) is 8.30. The number of aromatic nitrogens is 1. The lowest BCUT2D eigenvalue weighted by atomic mass is 9.72. The third kappa shape index (κ3) is 4.32. The summed E-state index contributed by atoms with van der Waals surface area (Å²) in [6.45, 7) is 2.99. The van der Waals surface area contributed by atoms with Crippen LogP contribution in [0.3, 0.4) is 0 Å². The highest BCUT2D eigenvalue weighted by Crippen LogP contribution is 2.46. The molecule has 0 saturated carbocycles. The molecule has 0 bridgehead atoms. The summed E-state index contributed by atoms with van der Waals surface area (Å²) in [6, 6.07) is 6.53. The van der Waals surface area contributed by atoms with Gasteiger partial charge in [-0.15, -0.1) is 0 Å². The molecule has 9 heteroatoms. The number of pyridine rings is 1. The van der Waals surface area contributed by atoms with Crippen molar-refractivity contribution >= 4 is 17.4 Å². The molecule has 1 aromatic carbocycles. The Hall–Kier alpha value is -2.48. The second-order valence-corrected chi connectivity index (χ2v) is 7.14. The molecule has 28 heavy (non-hydrogen) atoms. The minimum absolute atomic E-state index is 0.00141. The van der Waals surface area contributed by atoms with E-state index in [1.807, 2.05) is 0 Å². The summed E-state index contributed by atoms with van der Waals surface area (Å²) in [6.07, 6.45) is -6.13. The Morgan fingerprint density at radius 1 is 1.18 bits per heavy atom. The second-order valence-electron chi connectivity index (χ2n) is 6.70. The number of nitrogens with zero attached hydrogens (tertiary/aromatic N) is 2. The molecule has 0 saturated heterocycles. The van der Waals surface area contributed by atoms with Gasteiger partial charge in [-0.3, -0.25) is 19.9 Å². The van der Waals surface area contributed by atoms with E-state index in [0.717, 1.165) is 0 Å². The number of ketones is 1. The molecule has 0 aliphatic heterocycles. The summed E-state index contributed by atoms with van der Waals surface area (Å²) in [5, 5.41) is 11.6. The molecule has 1 unspecified atom stereocenters. The number of benzene rings is 1. The van der Waals surface area contributed by atoms with Gasteiger partial charge >= 0.3 is 6.18 Å². The van der Waals surface area contributed by atoms with E-state index in [2.05, 4.69) is 4.98 Å². The Morgan fingerprint density at radius 3 is 2.25 bits per heavy atom. The molecule has 2 rings (SSSR count). The van der Waals surface area contributed by atoms with Crippen molar-refractivity contribution in [3.8, 4) is 0 Å². The molecule has 150 valence electrons. The predicted molar refractivity (Wildman–Crippen MR) is 98.4 cm³/mol. The second kappa shape index (κ2) is 7.87. The van der Waals surface area contributed by atoms with Gasteiger partial charge in [0.15, 0.2) is 11.2 Å². The summed E-state index contributed by atoms with van der Waals surface area (Å²) in [4.78, 5) is 27.0. The van der Waals surface area contributed by atoms with Gasteiger partial charge in [0.05, 0.1) is 0 Å². The number of carbonyl (C=O) groups excluding carboxylic acids is 1. The van der Waals surface area contributed by atoms with E-state index in [0.29, 0.717) is 10.7 Å². The van der Waals surface area contributed by atoms with Crippen LogP contribution >= 0.6 is 11.6 Å². The van der Waals surface area contributed by atoms with Gasteiger partial charge in [-0.25, -0.2) is 0 Å². The van der Waals surface area contributed by atoms with E-state index in [-0.39, 0.29) is 22.4 Å². The van der Waals surface area contributed by atoms with Crippen molar-refractivity contribution < 1.29 is 22.9 Å². The van der Waals surface area contributed by atoms with Crippen molar-refractivity contribution in [3.63, 3.8) is 0 Å². The first-order chi connectivity index (χ1) is 12.9. The number of alkyl halides is 3. The van der Waals surface area contributed by atoms with E-state index in [4.69, 9.17) is 11.6 Å². The van der Waals surface area contributed by atoms with Gasteiger partial charge in [0.1, 0.15) is 0 Å². The van der Waals surface area contributed by atoms with Gasteiger partial charge in [-0.2, -0.15) is 13.2 Å². The lowest BCUT2D eigenvalue weighted by Gasteiger charge is -2.34. The Bertz CT molecular complexity index is 914. The summed E-state index contributed by atoms with van der Waals surface area (Å²) in [5.41, 5.74) is -2.49. The van der Waals surface area contributed by atoms with Crippen molar-refractivity contribution in [1.29, 1.82) is 0 Å². The number of halogens is 4. The van der Waals surface area contributed by atoms with Gasteiger partial charge in [0, 0.05) is 33.3 Å². The fourth-order valence-electron chi connectivity index (χ4n) is 3.20. The van der Waals surface area contributed by atoms with Crippen LogP contribution < -0.4 is 0 Å². The first kappa shape index (κ1) is 21.8. The smallest absolute Gasteiger partial charge is 0.294 e. The van der Waals surface area contributed by atoms with E-state index < -0.39 is 35.3 Å². The van der Waals surface area contributed by atoms with Crippen LogP contribution in [0.2, 0.25) is 5.02 Å². The molecule has 2 aromatic rings. The third-order valence-electron chi connectivity index (χ3n) is 4.73. The maximum Gasteiger partial charge on any atom is 0.405 e. The van der Waals surface area contributed by atoms with Crippen LogP contribution in [0.5, 0.6) is 0 Å². The Labute approximate surface area is 164 Å². The molecule has 0 N–H and O–H groups in total. The standard InChI is InChI=1S/C19H18ClF3N2O3/c1-11-8-16(12(2)13(3)24-11)18(10-25(27)28,19(21,22)23)9-17(26)14-4-6-15(20)7-5-14/h4-8H,9-10H2,1-3H3. The van der Waals surface area contributed by atoms with Crippen LogP contribution in [0.15, 0.2) is 30.3 Å². The maximum absolute atomic E-state index is 14.3. The van der Waals surface area contributed by atoms with Crippen molar-refractivity contribution in [2.24, 2.45) is 0 Å². The van der Waals surface area contributed by atoms with Crippen molar-refractivity contribution in [1.82, 2.24) is 4.98 Å². The van der Waals surface area contributed by atoms with Crippen molar-refractivity contribution in [2.45, 2.75) is 38.8 Å². The topological polar surface area (TPSA) is 73.1 Å². The normalized spacial score (nSPS) is 13.8. The van der Waals surface area contributed by atoms with E-state index >= 15 is 0 Å². The highest BCUT2D eigenvalue weighted by molar-refractivity contribution is 6.30. The highest BCUT2D eigenvalue weighted by atomic mass is 35.5. The van der Waals surface area contributed by atoms with Crippen LogP contribution in [0, 0.1) is 30.9 Å². The number of hydrogen-bond acceptors (Lipinski definition) is 4. The Morgan fingerprint density at radius 2 is 1.75 bits per heavy atom. The number of aryl methyl sites for hydroxylation is 2. The average molecular weight is 415 g/mol.